The van der Waals surface area contributed by atoms with Crippen LogP contribution >= 0.6 is 0 Å². The van der Waals surface area contributed by atoms with Gasteiger partial charge in [0.2, 0.25) is 16.0 Å². The molecule has 0 saturated carbocycles. The second-order valence-corrected chi connectivity index (χ2v) is 9.38. The average Bonchev–Trinajstić information content (AvgIpc) is 2.72. The molecule has 0 radical (unpaired) electrons. The molecule has 29 heavy (non-hydrogen) atoms. The summed E-state index contributed by atoms with van der Waals surface area (Å²) in [6.45, 7) is 4.90. The molecule has 1 N–H and O–H groups in total. The SMILES string of the molecule is CC(C)C(CS(=O)(=O)N1CCN(c2ncc(-c3cccnc3)cn2)CC1)C(=O)O. The molecule has 0 bridgehead atoms. The van der Waals surface area contributed by atoms with E-state index in [1.807, 2.05) is 17.0 Å². The number of rotatable bonds is 7. The maximum Gasteiger partial charge on any atom is 0.307 e. The molecule has 1 aliphatic heterocycles. The van der Waals surface area contributed by atoms with Crippen molar-refractivity contribution in [1.29, 1.82) is 0 Å². The lowest BCUT2D eigenvalue weighted by Crippen LogP contribution is -2.50. The smallest absolute Gasteiger partial charge is 0.307 e. The fraction of sp³-hybridized carbons (Fsp3) is 0.474. The van der Waals surface area contributed by atoms with Crippen LogP contribution in [0.5, 0.6) is 0 Å². The maximum absolute atomic E-state index is 12.7. The fourth-order valence-electron chi connectivity index (χ4n) is 3.21. The van der Waals surface area contributed by atoms with Gasteiger partial charge in [0.15, 0.2) is 0 Å². The first-order valence-corrected chi connectivity index (χ1v) is 11.1. The number of aromatic nitrogens is 3. The zero-order valence-electron chi connectivity index (χ0n) is 16.5. The molecule has 1 unspecified atom stereocenters. The first-order valence-electron chi connectivity index (χ1n) is 9.46. The lowest BCUT2D eigenvalue weighted by molar-refractivity contribution is -0.142. The number of carboxylic acid groups (broad SMARTS) is 1. The molecule has 0 aromatic carbocycles. The van der Waals surface area contributed by atoms with E-state index in [9.17, 15) is 18.3 Å². The van der Waals surface area contributed by atoms with E-state index in [2.05, 4.69) is 15.0 Å². The van der Waals surface area contributed by atoms with Crippen molar-refractivity contribution in [3.63, 3.8) is 0 Å². The Morgan fingerprint density at radius 2 is 1.76 bits per heavy atom. The molecular weight excluding hydrogens is 394 g/mol. The van der Waals surface area contributed by atoms with E-state index in [0.29, 0.717) is 19.0 Å². The van der Waals surface area contributed by atoms with Crippen molar-refractivity contribution in [1.82, 2.24) is 19.3 Å². The fourth-order valence-corrected chi connectivity index (χ4v) is 5.13. The summed E-state index contributed by atoms with van der Waals surface area (Å²) in [5.41, 5.74) is 1.78. The molecule has 3 heterocycles. The minimum absolute atomic E-state index is 0.254. The lowest BCUT2D eigenvalue weighted by atomic mass is 9.98. The van der Waals surface area contributed by atoms with Gasteiger partial charge in [-0.2, -0.15) is 4.31 Å². The Bertz CT molecular complexity index is 927. The van der Waals surface area contributed by atoms with E-state index in [-0.39, 0.29) is 24.8 Å². The van der Waals surface area contributed by atoms with Crippen molar-refractivity contribution in [2.75, 3.05) is 36.8 Å². The molecule has 156 valence electrons. The molecule has 0 aliphatic carbocycles. The van der Waals surface area contributed by atoms with Gasteiger partial charge in [-0.1, -0.05) is 19.9 Å². The zero-order valence-corrected chi connectivity index (χ0v) is 17.3. The van der Waals surface area contributed by atoms with Crippen molar-refractivity contribution >= 4 is 21.9 Å². The van der Waals surface area contributed by atoms with Gasteiger partial charge in [0.05, 0.1) is 11.7 Å². The Labute approximate surface area is 170 Å². The topological polar surface area (TPSA) is 117 Å². The van der Waals surface area contributed by atoms with Crippen molar-refractivity contribution in [3.8, 4) is 11.1 Å². The van der Waals surface area contributed by atoms with Crippen LogP contribution in [0.15, 0.2) is 36.9 Å². The van der Waals surface area contributed by atoms with E-state index in [1.165, 1.54) is 4.31 Å². The predicted molar refractivity (Wildman–Crippen MR) is 109 cm³/mol. The monoisotopic (exact) mass is 419 g/mol. The average molecular weight is 420 g/mol. The predicted octanol–water partition coefficient (Wildman–Crippen LogP) is 1.35. The Balaban J connectivity index is 1.62. The van der Waals surface area contributed by atoms with Crippen LogP contribution in [0.4, 0.5) is 5.95 Å². The first kappa shape index (κ1) is 21.1. The number of carboxylic acids is 1. The van der Waals surface area contributed by atoms with Gasteiger partial charge >= 0.3 is 5.97 Å². The van der Waals surface area contributed by atoms with Crippen LogP contribution in [0.2, 0.25) is 0 Å². The highest BCUT2D eigenvalue weighted by Crippen LogP contribution is 2.21. The quantitative estimate of drug-likeness (QED) is 0.715. The molecule has 9 nitrogen and oxygen atoms in total. The van der Waals surface area contributed by atoms with Gasteiger partial charge in [-0.15, -0.1) is 0 Å². The van der Waals surface area contributed by atoms with Crippen molar-refractivity contribution in [2.45, 2.75) is 13.8 Å². The number of carbonyl (C=O) groups is 1. The minimum atomic E-state index is -3.64. The highest BCUT2D eigenvalue weighted by Gasteiger charge is 2.34. The third-order valence-electron chi connectivity index (χ3n) is 5.06. The van der Waals surface area contributed by atoms with Gasteiger partial charge < -0.3 is 10.0 Å². The second kappa shape index (κ2) is 8.83. The number of hydrogen-bond acceptors (Lipinski definition) is 7. The molecule has 2 aromatic rings. The van der Waals surface area contributed by atoms with Crippen molar-refractivity contribution in [2.24, 2.45) is 11.8 Å². The largest absolute Gasteiger partial charge is 0.481 e. The van der Waals surface area contributed by atoms with Gasteiger partial charge in [-0.25, -0.2) is 18.4 Å². The normalized spacial score (nSPS) is 16.7. The molecule has 10 heteroatoms. The molecule has 1 atom stereocenters. The number of anilines is 1. The van der Waals surface area contributed by atoms with Crippen LogP contribution in [-0.4, -0.2) is 70.7 Å². The molecule has 1 saturated heterocycles. The standard InChI is InChI=1S/C19H25N5O4S/c1-14(2)17(18(25)26)13-29(27,28)24-8-6-23(7-9-24)19-21-11-16(12-22-19)15-4-3-5-20-10-15/h3-5,10-12,14,17H,6-9,13H2,1-2H3,(H,25,26). The van der Waals surface area contributed by atoms with Crippen LogP contribution in [0.25, 0.3) is 11.1 Å². The number of hydrogen-bond donors (Lipinski definition) is 1. The Morgan fingerprint density at radius 3 is 2.28 bits per heavy atom. The van der Waals surface area contributed by atoms with Gasteiger partial charge in [0.25, 0.3) is 0 Å². The number of aliphatic carboxylic acids is 1. The third kappa shape index (κ3) is 5.07. The van der Waals surface area contributed by atoms with Crippen LogP contribution in [0.1, 0.15) is 13.8 Å². The first-order chi connectivity index (χ1) is 13.8. The van der Waals surface area contributed by atoms with Gasteiger partial charge in [0.1, 0.15) is 0 Å². The summed E-state index contributed by atoms with van der Waals surface area (Å²) in [4.78, 5) is 26.2. The number of sulfonamides is 1. The molecule has 0 amide bonds. The van der Waals surface area contributed by atoms with Crippen LogP contribution in [0, 0.1) is 11.8 Å². The molecule has 0 spiro atoms. The van der Waals surface area contributed by atoms with E-state index < -0.39 is 21.9 Å². The van der Waals surface area contributed by atoms with E-state index >= 15 is 0 Å². The molecule has 2 aromatic heterocycles. The molecule has 1 fully saturated rings. The van der Waals surface area contributed by atoms with Gasteiger partial charge in [-0.05, 0) is 12.0 Å². The van der Waals surface area contributed by atoms with Gasteiger partial charge in [0, 0.05) is 62.1 Å². The Kier molecular flexibility index (Phi) is 6.43. The van der Waals surface area contributed by atoms with Crippen molar-refractivity contribution < 1.29 is 18.3 Å². The van der Waals surface area contributed by atoms with Gasteiger partial charge in [-0.3, -0.25) is 9.78 Å². The van der Waals surface area contributed by atoms with E-state index in [1.54, 1.807) is 38.6 Å². The highest BCUT2D eigenvalue weighted by molar-refractivity contribution is 7.89. The van der Waals surface area contributed by atoms with Crippen LogP contribution in [0.3, 0.4) is 0 Å². The molecular formula is C19H25N5O4S. The number of pyridine rings is 1. The molecule has 3 rings (SSSR count). The maximum atomic E-state index is 12.7. The zero-order chi connectivity index (χ0) is 21.0. The van der Waals surface area contributed by atoms with E-state index in [4.69, 9.17) is 0 Å². The number of piperazine rings is 1. The summed E-state index contributed by atoms with van der Waals surface area (Å²) >= 11 is 0. The van der Waals surface area contributed by atoms with Crippen LogP contribution in [-0.2, 0) is 14.8 Å². The summed E-state index contributed by atoms with van der Waals surface area (Å²) in [6.07, 6.45) is 6.89. The molecule has 1 aliphatic rings. The Morgan fingerprint density at radius 1 is 1.10 bits per heavy atom. The minimum Gasteiger partial charge on any atom is -0.481 e. The summed E-state index contributed by atoms with van der Waals surface area (Å²) in [7, 11) is -3.64. The summed E-state index contributed by atoms with van der Waals surface area (Å²) in [6, 6.07) is 3.77. The summed E-state index contributed by atoms with van der Waals surface area (Å²) in [5.74, 6) is -2.09. The third-order valence-corrected chi connectivity index (χ3v) is 6.99. The van der Waals surface area contributed by atoms with Crippen molar-refractivity contribution in [3.05, 3.63) is 36.9 Å². The summed E-state index contributed by atoms with van der Waals surface area (Å²) in [5, 5.41) is 9.29. The Hall–Kier alpha value is -2.59. The van der Waals surface area contributed by atoms with Crippen LogP contribution < -0.4 is 4.90 Å². The second-order valence-electron chi connectivity index (χ2n) is 7.37. The van der Waals surface area contributed by atoms with E-state index in [0.717, 1.165) is 11.1 Å². The highest BCUT2D eigenvalue weighted by atomic mass is 32.2. The number of nitrogens with zero attached hydrogens (tertiary/aromatic N) is 5. The summed E-state index contributed by atoms with van der Waals surface area (Å²) < 4.78 is 26.7. The lowest BCUT2D eigenvalue weighted by Gasteiger charge is -2.34.